The number of nitrogens with one attached hydrogen (secondary N) is 1. The highest BCUT2D eigenvalue weighted by Gasteiger charge is 2.31. The molecule has 1 amide bonds. The molecule has 0 radical (unpaired) electrons. The fraction of sp³-hybridized carbons (Fsp3) is 0.185. The van der Waals surface area contributed by atoms with Crippen LogP contribution in [0.3, 0.4) is 0 Å². The fourth-order valence-electron chi connectivity index (χ4n) is 4.09. The summed E-state index contributed by atoms with van der Waals surface area (Å²) in [6, 6.07) is 30.2. The minimum Gasteiger partial charge on any atom is -0.342 e. The van der Waals surface area contributed by atoms with Crippen LogP contribution in [0.2, 0.25) is 0 Å². The lowest BCUT2D eigenvalue weighted by Gasteiger charge is -2.32. The summed E-state index contributed by atoms with van der Waals surface area (Å²) in [6.07, 6.45) is 0.278. The van der Waals surface area contributed by atoms with Crippen molar-refractivity contribution in [3.8, 4) is 5.69 Å². The zero-order valence-corrected chi connectivity index (χ0v) is 18.2. The van der Waals surface area contributed by atoms with Gasteiger partial charge in [0.15, 0.2) is 0 Å². The summed E-state index contributed by atoms with van der Waals surface area (Å²) in [5.41, 5.74) is 5.28. The largest absolute Gasteiger partial charge is 0.342 e. The van der Waals surface area contributed by atoms with Crippen LogP contribution in [0.1, 0.15) is 35.0 Å². The molecule has 156 valence electrons. The van der Waals surface area contributed by atoms with Crippen molar-refractivity contribution in [3.63, 3.8) is 0 Å². The lowest BCUT2D eigenvalue weighted by molar-refractivity contribution is -0.121. The molecule has 0 spiro atoms. The number of hydrogen-bond donors (Lipinski definition) is 1. The second-order valence-corrected chi connectivity index (χ2v) is 7.98. The molecular formula is C27H27N3O. The van der Waals surface area contributed by atoms with Gasteiger partial charge >= 0.3 is 0 Å². The summed E-state index contributed by atoms with van der Waals surface area (Å²) < 4.78 is 1.91. The van der Waals surface area contributed by atoms with Crippen LogP contribution in [0.5, 0.6) is 0 Å². The van der Waals surface area contributed by atoms with E-state index in [1.807, 2.05) is 85.3 Å². The first-order valence-electron chi connectivity index (χ1n) is 10.5. The van der Waals surface area contributed by atoms with E-state index in [1.165, 1.54) is 0 Å². The molecule has 1 aromatic heterocycles. The predicted molar refractivity (Wildman–Crippen MR) is 124 cm³/mol. The van der Waals surface area contributed by atoms with Crippen molar-refractivity contribution >= 4 is 5.91 Å². The lowest BCUT2D eigenvalue weighted by Crippen LogP contribution is -2.45. The predicted octanol–water partition coefficient (Wildman–Crippen LogP) is 5.11. The minimum atomic E-state index is -0.628. The molecule has 0 fully saturated rings. The highest BCUT2D eigenvalue weighted by molar-refractivity contribution is 5.80. The first kappa shape index (κ1) is 20.6. The third kappa shape index (κ3) is 4.15. The van der Waals surface area contributed by atoms with Crippen LogP contribution in [-0.2, 0) is 16.8 Å². The Hall–Kier alpha value is -3.66. The van der Waals surface area contributed by atoms with Crippen molar-refractivity contribution < 1.29 is 4.79 Å². The summed E-state index contributed by atoms with van der Waals surface area (Å²) >= 11 is 0. The molecular weight excluding hydrogens is 382 g/mol. The Labute approximate surface area is 183 Å². The van der Waals surface area contributed by atoms with Crippen molar-refractivity contribution in [1.82, 2.24) is 15.1 Å². The molecule has 1 heterocycles. The zero-order valence-electron chi connectivity index (χ0n) is 18.2. The van der Waals surface area contributed by atoms with Gasteiger partial charge in [-0.15, -0.1) is 0 Å². The maximum absolute atomic E-state index is 13.3. The number of rotatable bonds is 6. The van der Waals surface area contributed by atoms with E-state index in [0.29, 0.717) is 0 Å². The molecule has 0 unspecified atom stereocenters. The quantitative estimate of drug-likeness (QED) is 0.481. The number of amides is 1. The van der Waals surface area contributed by atoms with Crippen molar-refractivity contribution in [3.05, 3.63) is 119 Å². The van der Waals surface area contributed by atoms with E-state index in [2.05, 4.69) is 41.6 Å². The van der Waals surface area contributed by atoms with Crippen LogP contribution in [0, 0.1) is 13.8 Å². The summed E-state index contributed by atoms with van der Waals surface area (Å²) in [7, 11) is 0. The number of nitrogens with zero attached hydrogens (tertiary/aromatic N) is 2. The third-order valence-electron chi connectivity index (χ3n) is 5.87. The Kier molecular flexibility index (Phi) is 5.72. The SMILES string of the molecule is Cc1nn(-c2ccccc2)c(C)c1CC(=O)NC(C)(c1ccccc1)c1ccccc1. The Morgan fingerprint density at radius 1 is 0.839 bits per heavy atom. The van der Waals surface area contributed by atoms with Crippen LogP contribution in [0.25, 0.3) is 5.69 Å². The average Bonchev–Trinajstić information content (AvgIpc) is 3.09. The molecule has 0 saturated heterocycles. The van der Waals surface area contributed by atoms with Gasteiger partial charge < -0.3 is 5.32 Å². The molecule has 31 heavy (non-hydrogen) atoms. The molecule has 1 N–H and O–H groups in total. The van der Waals surface area contributed by atoms with Crippen molar-refractivity contribution in [2.75, 3.05) is 0 Å². The second kappa shape index (κ2) is 8.60. The van der Waals surface area contributed by atoms with Crippen LogP contribution >= 0.6 is 0 Å². The lowest BCUT2D eigenvalue weighted by atomic mass is 9.84. The van der Waals surface area contributed by atoms with Crippen molar-refractivity contribution in [1.29, 1.82) is 0 Å². The number of carbonyl (C=O) groups is 1. The molecule has 0 bridgehead atoms. The first-order valence-corrected chi connectivity index (χ1v) is 10.5. The molecule has 0 aliphatic rings. The van der Waals surface area contributed by atoms with Gasteiger partial charge in [-0.3, -0.25) is 4.79 Å². The van der Waals surface area contributed by atoms with E-state index < -0.39 is 5.54 Å². The number of hydrogen-bond acceptors (Lipinski definition) is 2. The summed E-state index contributed by atoms with van der Waals surface area (Å²) in [6.45, 7) is 6.04. The van der Waals surface area contributed by atoms with Crippen LogP contribution < -0.4 is 5.32 Å². The number of carbonyl (C=O) groups excluding carboxylic acids is 1. The Morgan fingerprint density at radius 3 is 1.84 bits per heavy atom. The molecule has 4 rings (SSSR count). The Bertz CT molecular complexity index is 1130. The second-order valence-electron chi connectivity index (χ2n) is 7.98. The normalized spacial score (nSPS) is 11.3. The van der Waals surface area contributed by atoms with Gasteiger partial charge in [0.25, 0.3) is 0 Å². The van der Waals surface area contributed by atoms with Gasteiger partial charge in [-0.1, -0.05) is 78.9 Å². The minimum absolute atomic E-state index is 0.0333. The molecule has 4 heteroatoms. The monoisotopic (exact) mass is 409 g/mol. The van der Waals surface area contributed by atoms with E-state index >= 15 is 0 Å². The molecule has 0 saturated carbocycles. The van der Waals surface area contributed by atoms with Crippen LogP contribution in [0.4, 0.5) is 0 Å². The van der Waals surface area contributed by atoms with Gasteiger partial charge in [0.05, 0.1) is 23.3 Å². The maximum Gasteiger partial charge on any atom is 0.225 e. The molecule has 4 nitrogen and oxygen atoms in total. The smallest absolute Gasteiger partial charge is 0.225 e. The summed E-state index contributed by atoms with van der Waals surface area (Å²) in [4.78, 5) is 13.3. The van der Waals surface area contributed by atoms with Crippen LogP contribution in [-0.4, -0.2) is 15.7 Å². The topological polar surface area (TPSA) is 46.9 Å². The Balaban J connectivity index is 1.63. The van der Waals surface area contributed by atoms with Gasteiger partial charge in [-0.25, -0.2) is 4.68 Å². The van der Waals surface area contributed by atoms with Gasteiger partial charge in [-0.2, -0.15) is 5.10 Å². The van der Waals surface area contributed by atoms with Gasteiger partial charge in [0, 0.05) is 11.3 Å². The standard InChI is InChI=1S/C27H27N3O/c1-20-25(21(2)30(29-20)24-17-11-6-12-18-24)19-26(31)28-27(3,22-13-7-4-8-14-22)23-15-9-5-10-16-23/h4-18H,19H2,1-3H3,(H,28,31). The number of para-hydroxylation sites is 1. The average molecular weight is 410 g/mol. The number of aromatic nitrogens is 2. The van der Waals surface area contributed by atoms with Crippen molar-refractivity contribution in [2.45, 2.75) is 32.7 Å². The molecule has 0 aliphatic heterocycles. The van der Waals surface area contributed by atoms with Gasteiger partial charge in [0.1, 0.15) is 0 Å². The number of benzene rings is 3. The Morgan fingerprint density at radius 2 is 1.32 bits per heavy atom. The molecule has 3 aromatic carbocycles. The van der Waals surface area contributed by atoms with E-state index in [9.17, 15) is 4.79 Å². The highest BCUT2D eigenvalue weighted by atomic mass is 16.1. The third-order valence-corrected chi connectivity index (χ3v) is 5.87. The first-order chi connectivity index (χ1) is 15.0. The number of aryl methyl sites for hydroxylation is 1. The van der Waals surface area contributed by atoms with Gasteiger partial charge in [-0.05, 0) is 44.0 Å². The zero-order chi connectivity index (χ0) is 21.8. The van der Waals surface area contributed by atoms with E-state index in [1.54, 1.807) is 0 Å². The summed E-state index contributed by atoms with van der Waals surface area (Å²) in [5.74, 6) is -0.0333. The molecule has 0 aliphatic carbocycles. The summed E-state index contributed by atoms with van der Waals surface area (Å²) in [5, 5.41) is 7.98. The van der Waals surface area contributed by atoms with E-state index in [-0.39, 0.29) is 12.3 Å². The highest BCUT2D eigenvalue weighted by Crippen LogP contribution is 2.29. The van der Waals surface area contributed by atoms with Gasteiger partial charge in [0.2, 0.25) is 5.91 Å². The fourth-order valence-corrected chi connectivity index (χ4v) is 4.09. The van der Waals surface area contributed by atoms with E-state index in [0.717, 1.165) is 33.8 Å². The van der Waals surface area contributed by atoms with E-state index in [4.69, 9.17) is 0 Å². The molecule has 4 aromatic rings. The van der Waals surface area contributed by atoms with Crippen LogP contribution in [0.15, 0.2) is 91.0 Å². The van der Waals surface area contributed by atoms with Crippen molar-refractivity contribution in [2.24, 2.45) is 0 Å². The maximum atomic E-state index is 13.3. The molecule has 0 atom stereocenters.